The summed E-state index contributed by atoms with van der Waals surface area (Å²) in [6, 6.07) is 3.86. The zero-order valence-electron chi connectivity index (χ0n) is 9.72. The van der Waals surface area contributed by atoms with Gasteiger partial charge in [-0.25, -0.2) is 4.98 Å². The van der Waals surface area contributed by atoms with Gasteiger partial charge in [-0.2, -0.15) is 10.5 Å². The monoisotopic (exact) mass is 234 g/mol. The highest BCUT2D eigenvalue weighted by Gasteiger charge is 2.08. The average Bonchev–Trinajstić information content (AvgIpc) is 2.75. The van der Waals surface area contributed by atoms with Gasteiger partial charge in [0.05, 0.1) is 19.5 Å². The first-order chi connectivity index (χ1) is 8.33. The highest BCUT2D eigenvalue weighted by Crippen LogP contribution is 2.05. The molecule has 17 heavy (non-hydrogen) atoms. The highest BCUT2D eigenvalue weighted by atomic mass is 16.5. The molecule has 6 heteroatoms. The second-order valence-electron chi connectivity index (χ2n) is 3.32. The first kappa shape index (κ1) is 13.2. The zero-order chi connectivity index (χ0) is 12.5. The molecule has 0 fully saturated rings. The van der Waals surface area contributed by atoms with Crippen LogP contribution >= 0.6 is 0 Å². The predicted octanol–water partition coefficient (Wildman–Crippen LogP) is 0.680. The summed E-state index contributed by atoms with van der Waals surface area (Å²) < 4.78 is 11.8. The van der Waals surface area contributed by atoms with Crippen LogP contribution in [0.3, 0.4) is 0 Å². The second kappa shape index (κ2) is 7.39. The van der Waals surface area contributed by atoms with Crippen molar-refractivity contribution in [2.45, 2.75) is 13.0 Å². The van der Waals surface area contributed by atoms with Crippen molar-refractivity contribution in [1.82, 2.24) is 9.55 Å². The van der Waals surface area contributed by atoms with Gasteiger partial charge in [0.2, 0.25) is 0 Å². The van der Waals surface area contributed by atoms with Crippen molar-refractivity contribution in [3.05, 3.63) is 17.7 Å². The van der Waals surface area contributed by atoms with Crippen molar-refractivity contribution in [3.63, 3.8) is 0 Å². The maximum absolute atomic E-state index is 8.88. The molecule has 0 radical (unpaired) electrons. The molecule has 1 rings (SSSR count). The van der Waals surface area contributed by atoms with E-state index in [0.717, 1.165) is 6.42 Å². The number of imidazole rings is 1. The van der Waals surface area contributed by atoms with Crippen molar-refractivity contribution in [2.24, 2.45) is 0 Å². The van der Waals surface area contributed by atoms with E-state index >= 15 is 0 Å². The van der Waals surface area contributed by atoms with Crippen molar-refractivity contribution in [3.8, 4) is 12.1 Å². The Labute approximate surface area is 100 Å². The third kappa shape index (κ3) is 3.87. The minimum absolute atomic E-state index is 0.174. The van der Waals surface area contributed by atoms with Crippen LogP contribution in [-0.4, -0.2) is 36.5 Å². The number of nitrogens with zero attached hydrogens (tertiary/aromatic N) is 4. The Morgan fingerprint density at radius 1 is 1.29 bits per heavy atom. The summed E-state index contributed by atoms with van der Waals surface area (Å²) in [7, 11) is 1.62. The van der Waals surface area contributed by atoms with E-state index in [9.17, 15) is 0 Å². The Morgan fingerprint density at radius 2 is 2.12 bits per heavy atom. The molecule has 0 bridgehead atoms. The molecular weight excluding hydrogens is 220 g/mol. The fourth-order valence-corrected chi connectivity index (χ4v) is 1.33. The fourth-order valence-electron chi connectivity index (χ4n) is 1.33. The van der Waals surface area contributed by atoms with Gasteiger partial charge in [-0.05, 0) is 6.42 Å². The van der Waals surface area contributed by atoms with Gasteiger partial charge in [0.1, 0.15) is 12.1 Å². The first-order valence-corrected chi connectivity index (χ1v) is 5.25. The molecule has 0 amide bonds. The lowest BCUT2D eigenvalue weighted by Gasteiger charge is -2.05. The molecule has 0 unspecified atom stereocenters. The van der Waals surface area contributed by atoms with Crippen LogP contribution in [0.4, 0.5) is 0 Å². The van der Waals surface area contributed by atoms with Crippen molar-refractivity contribution in [2.75, 3.05) is 26.9 Å². The summed E-state index contributed by atoms with van der Waals surface area (Å²) >= 11 is 0. The zero-order valence-corrected chi connectivity index (χ0v) is 9.72. The van der Waals surface area contributed by atoms with Gasteiger partial charge < -0.3 is 14.0 Å². The predicted molar refractivity (Wildman–Crippen MR) is 59.0 cm³/mol. The quantitative estimate of drug-likeness (QED) is 0.648. The Hall–Kier alpha value is -1.89. The van der Waals surface area contributed by atoms with Gasteiger partial charge in [-0.3, -0.25) is 0 Å². The molecule has 90 valence electrons. The van der Waals surface area contributed by atoms with E-state index < -0.39 is 0 Å². The molecule has 0 aliphatic rings. The Morgan fingerprint density at radius 3 is 2.76 bits per heavy atom. The highest BCUT2D eigenvalue weighted by molar-refractivity contribution is 5.35. The third-order valence-corrected chi connectivity index (χ3v) is 2.17. The molecule has 0 aromatic carbocycles. The van der Waals surface area contributed by atoms with Crippen LogP contribution in [0.25, 0.3) is 0 Å². The average molecular weight is 234 g/mol. The third-order valence-electron chi connectivity index (χ3n) is 2.17. The largest absolute Gasteiger partial charge is 0.382 e. The topological polar surface area (TPSA) is 83.9 Å². The lowest BCUT2D eigenvalue weighted by atomic mass is 10.3. The van der Waals surface area contributed by atoms with Gasteiger partial charge in [0.15, 0.2) is 11.4 Å². The number of aromatic nitrogens is 2. The van der Waals surface area contributed by atoms with E-state index in [1.54, 1.807) is 11.7 Å². The molecule has 0 N–H and O–H groups in total. The molecule has 0 aliphatic carbocycles. The minimum Gasteiger partial charge on any atom is -0.382 e. The Kier molecular flexibility index (Phi) is 5.73. The summed E-state index contributed by atoms with van der Waals surface area (Å²) in [4.78, 5) is 3.85. The summed E-state index contributed by atoms with van der Waals surface area (Å²) in [6.45, 7) is 2.35. The van der Waals surface area contributed by atoms with Gasteiger partial charge in [-0.1, -0.05) is 0 Å². The van der Waals surface area contributed by atoms with E-state index in [-0.39, 0.29) is 5.69 Å². The van der Waals surface area contributed by atoms with Crippen molar-refractivity contribution in [1.29, 1.82) is 10.5 Å². The first-order valence-electron chi connectivity index (χ1n) is 5.25. The molecule has 0 saturated heterocycles. The Balaban J connectivity index is 2.35. The van der Waals surface area contributed by atoms with Crippen LogP contribution in [0.15, 0.2) is 6.33 Å². The van der Waals surface area contributed by atoms with E-state index in [1.165, 1.54) is 6.33 Å². The molecule has 0 spiro atoms. The molecule has 1 heterocycles. The van der Waals surface area contributed by atoms with Crippen molar-refractivity contribution < 1.29 is 9.47 Å². The molecular formula is C11H14N4O2. The standard InChI is InChI=1S/C11H14N4O2/c1-16-5-6-17-4-2-3-15-9-14-10(7-12)11(15)8-13/h9H,2-6H2,1H3. The van der Waals surface area contributed by atoms with Crippen LogP contribution in [-0.2, 0) is 16.0 Å². The lowest BCUT2D eigenvalue weighted by molar-refractivity contribution is 0.0680. The summed E-state index contributed by atoms with van der Waals surface area (Å²) in [5.74, 6) is 0. The molecule has 1 aromatic heterocycles. The van der Waals surface area contributed by atoms with Crippen LogP contribution in [0.2, 0.25) is 0 Å². The van der Waals surface area contributed by atoms with Crippen LogP contribution in [0.5, 0.6) is 0 Å². The maximum Gasteiger partial charge on any atom is 0.176 e. The molecule has 1 aromatic rings. The van der Waals surface area contributed by atoms with Gasteiger partial charge in [0.25, 0.3) is 0 Å². The van der Waals surface area contributed by atoms with Crippen LogP contribution in [0, 0.1) is 22.7 Å². The van der Waals surface area contributed by atoms with Gasteiger partial charge in [0, 0.05) is 20.3 Å². The van der Waals surface area contributed by atoms with Crippen LogP contribution in [0.1, 0.15) is 17.8 Å². The summed E-state index contributed by atoms with van der Waals surface area (Å²) in [6.07, 6.45) is 2.27. The summed E-state index contributed by atoms with van der Waals surface area (Å²) in [5, 5.41) is 17.6. The SMILES string of the molecule is COCCOCCCn1cnc(C#N)c1C#N. The van der Waals surface area contributed by atoms with E-state index in [0.29, 0.717) is 32.1 Å². The number of hydrogen-bond donors (Lipinski definition) is 0. The molecule has 0 aliphatic heterocycles. The summed E-state index contributed by atoms with van der Waals surface area (Å²) in [5.41, 5.74) is 0.484. The maximum atomic E-state index is 8.88. The number of nitriles is 2. The fraction of sp³-hybridized carbons (Fsp3) is 0.545. The molecule has 0 saturated carbocycles. The van der Waals surface area contributed by atoms with Crippen LogP contribution < -0.4 is 0 Å². The second-order valence-corrected chi connectivity index (χ2v) is 3.32. The van der Waals surface area contributed by atoms with Gasteiger partial charge in [-0.15, -0.1) is 0 Å². The molecule has 6 nitrogen and oxygen atoms in total. The lowest BCUT2D eigenvalue weighted by Crippen LogP contribution is -2.07. The van der Waals surface area contributed by atoms with Gasteiger partial charge >= 0.3 is 0 Å². The number of rotatable bonds is 7. The number of hydrogen-bond acceptors (Lipinski definition) is 5. The number of ether oxygens (including phenoxy) is 2. The number of aryl methyl sites for hydroxylation is 1. The van der Waals surface area contributed by atoms with E-state index in [1.807, 2.05) is 12.1 Å². The van der Waals surface area contributed by atoms with Crippen molar-refractivity contribution >= 4 is 0 Å². The smallest absolute Gasteiger partial charge is 0.176 e. The normalized spacial score (nSPS) is 9.82. The van der Waals surface area contributed by atoms with E-state index in [4.69, 9.17) is 20.0 Å². The number of methoxy groups -OCH3 is 1. The van der Waals surface area contributed by atoms with E-state index in [2.05, 4.69) is 4.98 Å². The molecule has 0 atom stereocenters. The minimum atomic E-state index is 0.174. The Bertz CT molecular complexity index is 428.